The third-order valence-electron chi connectivity index (χ3n) is 15.8. The zero-order chi connectivity index (χ0) is 34.3. The Morgan fingerprint density at radius 1 is 0.936 bits per heavy atom. The summed E-state index contributed by atoms with van der Waals surface area (Å²) in [5.74, 6) is 0.717. The van der Waals surface area contributed by atoms with Crippen LogP contribution in [-0.4, -0.2) is 98.8 Å². The number of fused-ring (bicyclic) bond motifs is 4. The number of carbonyl (C=O) groups is 1. The van der Waals surface area contributed by atoms with E-state index in [2.05, 4.69) is 34.6 Å². The molecule has 5 saturated carbocycles. The zero-order valence-corrected chi connectivity index (χ0v) is 29.6. The van der Waals surface area contributed by atoms with E-state index in [0.717, 1.165) is 38.5 Å². The molecule has 0 radical (unpaired) electrons. The maximum absolute atomic E-state index is 12.5. The van der Waals surface area contributed by atoms with Crippen LogP contribution in [0.5, 0.6) is 0 Å². The van der Waals surface area contributed by atoms with E-state index in [1.807, 2.05) is 0 Å². The molecule has 0 aromatic heterocycles. The van der Waals surface area contributed by atoms with Gasteiger partial charge in [0.05, 0.1) is 36.6 Å². The molecule has 2 heterocycles. The summed E-state index contributed by atoms with van der Waals surface area (Å²) in [4.78, 5) is 12.1. The molecule has 0 unspecified atom stereocenters. The lowest BCUT2D eigenvalue weighted by Gasteiger charge is -2.64. The molecule has 0 amide bonds. The molecule has 0 aromatic rings. The van der Waals surface area contributed by atoms with E-state index in [1.165, 1.54) is 13.3 Å². The average molecular weight is 665 g/mol. The first kappa shape index (κ1) is 34.6. The number of hydrogen-bond acceptors (Lipinski definition) is 10. The summed E-state index contributed by atoms with van der Waals surface area (Å²) in [5.41, 5.74) is -1.61. The predicted octanol–water partition coefficient (Wildman–Crippen LogP) is 3.33. The Morgan fingerprint density at radius 2 is 1.60 bits per heavy atom. The molecule has 47 heavy (non-hydrogen) atoms. The highest BCUT2D eigenvalue weighted by molar-refractivity contribution is 5.66. The van der Waals surface area contributed by atoms with Gasteiger partial charge >= 0.3 is 5.97 Å². The van der Waals surface area contributed by atoms with Gasteiger partial charge in [0.1, 0.15) is 18.3 Å². The fraction of sp³-hybridized carbons (Fsp3) is 0.973. The van der Waals surface area contributed by atoms with Gasteiger partial charge in [-0.2, -0.15) is 0 Å². The topological polar surface area (TPSA) is 155 Å². The number of rotatable bonds is 5. The minimum absolute atomic E-state index is 0.0683. The molecule has 7 aliphatic rings. The molecule has 0 bridgehead atoms. The predicted molar refractivity (Wildman–Crippen MR) is 171 cm³/mol. The third kappa shape index (κ3) is 4.54. The monoisotopic (exact) mass is 664 g/mol. The normalized spacial score (nSPS) is 55.4. The standard InChI is InChI=1S/C37H60O10/c1-18-15-21(30(33(5,6)43)45-19(2)38)46-28-25(18)34(7)13-14-37-17-36(37)12-11-24(47-31-27(41)26(40)20(39)16-44-31)32(3,4)22(36)9-10-23(37)35(34,8)29(28)42/h18,20-31,39-43H,9-17H2,1-8H3/t18-,20-,21-,22+,23+,24+,25+,26+,27-,28-,29+,30+,31+,34-,35-,36-,37+/m1/s1. The minimum Gasteiger partial charge on any atom is -0.457 e. The molecule has 0 aromatic carbocycles. The van der Waals surface area contributed by atoms with Crippen molar-refractivity contribution in [3.8, 4) is 0 Å². The second kappa shape index (κ2) is 10.8. The summed E-state index contributed by atoms with van der Waals surface area (Å²) in [6, 6.07) is 0. The van der Waals surface area contributed by atoms with Gasteiger partial charge in [-0.25, -0.2) is 0 Å². The summed E-state index contributed by atoms with van der Waals surface area (Å²) in [7, 11) is 0. The Kier molecular flexibility index (Phi) is 7.97. The van der Waals surface area contributed by atoms with E-state index in [9.17, 15) is 30.3 Å². The van der Waals surface area contributed by atoms with E-state index in [1.54, 1.807) is 13.8 Å². The van der Waals surface area contributed by atoms with Crippen LogP contribution in [0.3, 0.4) is 0 Å². The SMILES string of the molecule is CC(=O)O[C@@H]([C@H]1C[C@@H](C)[C@H]2[C@@H](O1)[C@H](O)[C@@]1(C)[C@@H]3CC[C@H]4C(C)(C)[C@@H](O[C@@H]5OC[C@@H](O)[C@H](O)[C@H]5O)CC[C@@]45C[C@@]35CC[C@]21C)C(C)(C)O. The summed E-state index contributed by atoms with van der Waals surface area (Å²) >= 11 is 0. The molecule has 5 N–H and O–H groups in total. The van der Waals surface area contributed by atoms with Crippen molar-refractivity contribution in [2.75, 3.05) is 6.61 Å². The van der Waals surface area contributed by atoms with Crippen LogP contribution in [0, 0.1) is 50.7 Å². The summed E-state index contributed by atoms with van der Waals surface area (Å²) in [6.07, 6.45) is 0.712. The highest BCUT2D eigenvalue weighted by Crippen LogP contribution is 2.89. The molecule has 10 heteroatoms. The molecule has 7 fully saturated rings. The van der Waals surface area contributed by atoms with Crippen molar-refractivity contribution >= 4 is 5.97 Å². The quantitative estimate of drug-likeness (QED) is 0.218. The molecule has 5 aliphatic carbocycles. The lowest BCUT2D eigenvalue weighted by atomic mass is 9.41. The number of carbonyl (C=O) groups excluding carboxylic acids is 1. The molecule has 17 atom stereocenters. The van der Waals surface area contributed by atoms with Gasteiger partial charge in [-0.05, 0) is 111 Å². The lowest BCUT2D eigenvalue weighted by molar-refractivity contribution is -0.303. The van der Waals surface area contributed by atoms with Gasteiger partial charge in [0, 0.05) is 12.3 Å². The van der Waals surface area contributed by atoms with Crippen molar-refractivity contribution in [3.05, 3.63) is 0 Å². The smallest absolute Gasteiger partial charge is 0.303 e. The van der Waals surface area contributed by atoms with Crippen LogP contribution in [-0.2, 0) is 23.7 Å². The largest absolute Gasteiger partial charge is 0.457 e. The van der Waals surface area contributed by atoms with E-state index in [-0.39, 0.29) is 51.6 Å². The minimum atomic E-state index is -1.30. The van der Waals surface area contributed by atoms with Gasteiger partial charge in [-0.15, -0.1) is 0 Å². The van der Waals surface area contributed by atoms with Crippen LogP contribution in [0.2, 0.25) is 0 Å². The molecule has 2 saturated heterocycles. The molecule has 2 aliphatic heterocycles. The van der Waals surface area contributed by atoms with Gasteiger partial charge in [0.15, 0.2) is 12.4 Å². The van der Waals surface area contributed by atoms with E-state index in [0.29, 0.717) is 18.3 Å². The van der Waals surface area contributed by atoms with Crippen molar-refractivity contribution in [1.29, 1.82) is 0 Å². The molecule has 2 spiro atoms. The Bertz CT molecular complexity index is 1250. The Morgan fingerprint density at radius 3 is 2.26 bits per heavy atom. The van der Waals surface area contributed by atoms with Crippen LogP contribution in [0.1, 0.15) is 107 Å². The number of esters is 1. The number of ether oxygens (including phenoxy) is 4. The summed E-state index contributed by atoms with van der Waals surface area (Å²) in [6.45, 7) is 16.2. The maximum atomic E-state index is 12.5. The first-order chi connectivity index (χ1) is 21.8. The van der Waals surface area contributed by atoms with Crippen LogP contribution < -0.4 is 0 Å². The number of aliphatic hydroxyl groups excluding tert-OH is 4. The van der Waals surface area contributed by atoms with Crippen LogP contribution in [0.15, 0.2) is 0 Å². The number of hydrogen-bond donors (Lipinski definition) is 5. The van der Waals surface area contributed by atoms with E-state index >= 15 is 0 Å². The van der Waals surface area contributed by atoms with Crippen LogP contribution in [0.25, 0.3) is 0 Å². The Labute approximate surface area is 279 Å². The second-order valence-electron chi connectivity index (χ2n) is 18.6. The summed E-state index contributed by atoms with van der Waals surface area (Å²) < 4.78 is 24.6. The first-order valence-corrected chi connectivity index (χ1v) is 18.3. The fourth-order valence-corrected chi connectivity index (χ4v) is 13.7. The molecule has 10 nitrogen and oxygen atoms in total. The summed E-state index contributed by atoms with van der Waals surface area (Å²) in [5, 5.41) is 54.3. The van der Waals surface area contributed by atoms with Gasteiger partial charge in [0.2, 0.25) is 0 Å². The van der Waals surface area contributed by atoms with Gasteiger partial charge < -0.3 is 44.5 Å². The average Bonchev–Trinajstić information content (AvgIpc) is 3.61. The lowest BCUT2D eigenvalue weighted by Crippen LogP contribution is -2.61. The van der Waals surface area contributed by atoms with Crippen LogP contribution >= 0.6 is 0 Å². The molecule has 7 rings (SSSR count). The third-order valence-corrected chi connectivity index (χ3v) is 15.8. The van der Waals surface area contributed by atoms with Crippen molar-refractivity contribution in [2.24, 2.45) is 50.7 Å². The van der Waals surface area contributed by atoms with Crippen molar-refractivity contribution < 1.29 is 49.3 Å². The Hall–Kier alpha value is -0.850. The molecule has 268 valence electrons. The van der Waals surface area contributed by atoms with Gasteiger partial charge in [-0.3, -0.25) is 4.79 Å². The number of aliphatic hydroxyl groups is 5. The second-order valence-corrected chi connectivity index (χ2v) is 18.6. The molecular weight excluding hydrogens is 604 g/mol. The van der Waals surface area contributed by atoms with Crippen molar-refractivity contribution in [2.45, 2.75) is 167 Å². The maximum Gasteiger partial charge on any atom is 0.303 e. The highest BCUT2D eigenvalue weighted by atomic mass is 16.7. The first-order valence-electron chi connectivity index (χ1n) is 18.3. The van der Waals surface area contributed by atoms with Crippen molar-refractivity contribution in [3.63, 3.8) is 0 Å². The van der Waals surface area contributed by atoms with E-state index in [4.69, 9.17) is 18.9 Å². The molecular formula is C37H60O10. The van der Waals surface area contributed by atoms with Crippen LogP contribution in [0.4, 0.5) is 0 Å². The van der Waals surface area contributed by atoms with Gasteiger partial charge in [0.25, 0.3) is 0 Å². The van der Waals surface area contributed by atoms with Gasteiger partial charge in [-0.1, -0.05) is 34.6 Å². The fourth-order valence-electron chi connectivity index (χ4n) is 13.7. The van der Waals surface area contributed by atoms with Crippen molar-refractivity contribution in [1.82, 2.24) is 0 Å². The van der Waals surface area contributed by atoms with E-state index < -0.39 is 60.6 Å². The highest BCUT2D eigenvalue weighted by Gasteiger charge is 2.84. The zero-order valence-electron chi connectivity index (χ0n) is 29.6. The Balaban J connectivity index is 1.14.